The van der Waals surface area contributed by atoms with Gasteiger partial charge in [-0.1, -0.05) is 18.7 Å². The molecule has 0 spiro atoms. The molecule has 0 saturated carbocycles. The van der Waals surface area contributed by atoms with Gasteiger partial charge in [0.25, 0.3) is 11.1 Å². The van der Waals surface area contributed by atoms with E-state index in [2.05, 4.69) is 15.5 Å². The van der Waals surface area contributed by atoms with E-state index >= 15 is 0 Å². The normalized spacial score (nSPS) is 12.3. The number of carbonyl (C=O) groups excluding carboxylic acids is 1. The number of thioether (sulfide) groups is 1. The molecule has 2 aromatic rings. The van der Waals surface area contributed by atoms with Gasteiger partial charge in [0.05, 0.1) is 11.5 Å². The minimum absolute atomic E-state index is 0.0374. The zero-order valence-corrected chi connectivity index (χ0v) is 11.6. The number of aromatic nitrogens is 2. The molecule has 0 fully saturated rings. The third-order valence-corrected chi connectivity index (χ3v) is 3.27. The first-order chi connectivity index (χ1) is 9.20. The Morgan fingerprint density at radius 3 is 3.05 bits per heavy atom. The average Bonchev–Trinajstić information content (AvgIpc) is 3.05. The summed E-state index contributed by atoms with van der Waals surface area (Å²) in [6, 6.07) is 3.48. The van der Waals surface area contributed by atoms with Gasteiger partial charge in [0.1, 0.15) is 0 Å². The van der Waals surface area contributed by atoms with Crippen molar-refractivity contribution in [3.63, 3.8) is 0 Å². The lowest BCUT2D eigenvalue weighted by Crippen LogP contribution is -2.31. The van der Waals surface area contributed by atoms with Crippen molar-refractivity contribution in [1.29, 1.82) is 0 Å². The molecule has 6 nitrogen and oxygen atoms in total. The first-order valence-electron chi connectivity index (χ1n) is 6.02. The van der Waals surface area contributed by atoms with E-state index in [0.717, 1.165) is 6.42 Å². The number of hydrogen-bond acceptors (Lipinski definition) is 6. The second-order valence-electron chi connectivity index (χ2n) is 3.90. The largest absolute Gasteiger partial charge is 0.459 e. The highest BCUT2D eigenvalue weighted by Gasteiger charge is 2.18. The molecule has 1 atom stereocenters. The third kappa shape index (κ3) is 3.60. The molecule has 0 aliphatic carbocycles. The lowest BCUT2D eigenvalue weighted by atomic mass is 10.4. The van der Waals surface area contributed by atoms with Gasteiger partial charge in [0.15, 0.2) is 5.76 Å². The van der Waals surface area contributed by atoms with Crippen molar-refractivity contribution in [3.8, 4) is 11.7 Å². The van der Waals surface area contributed by atoms with Crippen LogP contribution in [-0.2, 0) is 4.79 Å². The molecule has 7 heteroatoms. The van der Waals surface area contributed by atoms with Crippen LogP contribution < -0.4 is 5.32 Å². The minimum atomic E-state index is -0.281. The van der Waals surface area contributed by atoms with E-state index in [4.69, 9.17) is 8.83 Å². The molecule has 2 aromatic heterocycles. The number of hydrogen-bond donors (Lipinski definition) is 1. The van der Waals surface area contributed by atoms with E-state index in [-0.39, 0.29) is 11.2 Å². The zero-order chi connectivity index (χ0) is 13.7. The summed E-state index contributed by atoms with van der Waals surface area (Å²) in [4.78, 5) is 11.7. The number of nitrogens with zero attached hydrogens (tertiary/aromatic N) is 2. The summed E-state index contributed by atoms with van der Waals surface area (Å²) >= 11 is 1.23. The van der Waals surface area contributed by atoms with E-state index in [1.807, 2.05) is 6.92 Å². The van der Waals surface area contributed by atoms with Crippen molar-refractivity contribution in [2.24, 2.45) is 0 Å². The predicted molar refractivity (Wildman–Crippen MR) is 70.6 cm³/mol. The van der Waals surface area contributed by atoms with Gasteiger partial charge < -0.3 is 14.2 Å². The summed E-state index contributed by atoms with van der Waals surface area (Å²) in [5.41, 5.74) is 0. The highest BCUT2D eigenvalue weighted by Crippen LogP contribution is 2.26. The Hall–Kier alpha value is -1.76. The molecule has 0 unspecified atom stereocenters. The third-order valence-electron chi connectivity index (χ3n) is 2.33. The summed E-state index contributed by atoms with van der Waals surface area (Å²) in [5.74, 6) is 0.792. The molecule has 19 heavy (non-hydrogen) atoms. The Balaban J connectivity index is 1.94. The Morgan fingerprint density at radius 1 is 1.53 bits per heavy atom. The summed E-state index contributed by atoms with van der Waals surface area (Å²) in [7, 11) is 0. The highest BCUT2D eigenvalue weighted by molar-refractivity contribution is 8.00. The molecule has 2 heterocycles. The van der Waals surface area contributed by atoms with Crippen molar-refractivity contribution in [1.82, 2.24) is 15.5 Å². The van der Waals surface area contributed by atoms with E-state index in [0.29, 0.717) is 23.4 Å². The van der Waals surface area contributed by atoms with Crippen LogP contribution in [0.15, 0.2) is 32.5 Å². The van der Waals surface area contributed by atoms with E-state index < -0.39 is 0 Å². The maximum atomic E-state index is 11.7. The van der Waals surface area contributed by atoms with Crippen LogP contribution in [0.4, 0.5) is 0 Å². The monoisotopic (exact) mass is 281 g/mol. The fraction of sp³-hybridized carbons (Fsp3) is 0.417. The van der Waals surface area contributed by atoms with Crippen LogP contribution in [0.1, 0.15) is 20.3 Å². The van der Waals surface area contributed by atoms with Gasteiger partial charge in [0.2, 0.25) is 5.91 Å². The molecule has 0 aliphatic heterocycles. The van der Waals surface area contributed by atoms with Crippen molar-refractivity contribution < 1.29 is 13.6 Å². The summed E-state index contributed by atoms with van der Waals surface area (Å²) in [6.07, 6.45) is 2.44. The number of rotatable bonds is 6. The van der Waals surface area contributed by atoms with Crippen molar-refractivity contribution in [2.45, 2.75) is 30.7 Å². The van der Waals surface area contributed by atoms with Gasteiger partial charge in [-0.3, -0.25) is 4.79 Å². The lowest BCUT2D eigenvalue weighted by molar-refractivity contribution is -0.120. The molecule has 0 aromatic carbocycles. The molecule has 2 rings (SSSR count). The summed E-state index contributed by atoms with van der Waals surface area (Å²) in [6.45, 7) is 4.48. The maximum absolute atomic E-state index is 11.7. The van der Waals surface area contributed by atoms with Gasteiger partial charge in [0, 0.05) is 6.54 Å². The van der Waals surface area contributed by atoms with E-state index in [1.165, 1.54) is 18.0 Å². The van der Waals surface area contributed by atoms with E-state index in [9.17, 15) is 4.79 Å². The van der Waals surface area contributed by atoms with Crippen LogP contribution in [0, 0.1) is 0 Å². The van der Waals surface area contributed by atoms with E-state index in [1.54, 1.807) is 19.1 Å². The van der Waals surface area contributed by atoms with Crippen LogP contribution in [0.3, 0.4) is 0 Å². The molecule has 0 aliphatic rings. The quantitative estimate of drug-likeness (QED) is 0.818. The van der Waals surface area contributed by atoms with Gasteiger partial charge in [-0.2, -0.15) is 0 Å². The molecule has 1 amide bonds. The van der Waals surface area contributed by atoms with Crippen LogP contribution in [0.2, 0.25) is 0 Å². The number of amides is 1. The SMILES string of the molecule is CCCNC(=O)[C@@H](C)Sc1nnc(-c2ccco2)o1. The Morgan fingerprint density at radius 2 is 2.37 bits per heavy atom. The molecule has 1 N–H and O–H groups in total. The number of carbonyl (C=O) groups is 1. The Kier molecular flexibility index (Phi) is 4.62. The second-order valence-corrected chi connectivity index (χ2v) is 5.19. The Bertz CT molecular complexity index is 524. The lowest BCUT2D eigenvalue weighted by Gasteiger charge is -2.08. The second kappa shape index (κ2) is 6.42. The molecule has 0 bridgehead atoms. The van der Waals surface area contributed by atoms with Crippen LogP contribution in [0.5, 0.6) is 0 Å². The minimum Gasteiger partial charge on any atom is -0.459 e. The summed E-state index contributed by atoms with van der Waals surface area (Å²) < 4.78 is 10.6. The van der Waals surface area contributed by atoms with Crippen LogP contribution >= 0.6 is 11.8 Å². The smallest absolute Gasteiger partial charge is 0.284 e. The molecule has 102 valence electrons. The molecule has 0 radical (unpaired) electrons. The zero-order valence-electron chi connectivity index (χ0n) is 10.8. The van der Waals surface area contributed by atoms with Gasteiger partial charge in [-0.15, -0.1) is 10.2 Å². The topological polar surface area (TPSA) is 81.2 Å². The summed E-state index contributed by atoms with van der Waals surface area (Å²) in [5, 5.41) is 10.6. The van der Waals surface area contributed by atoms with Crippen molar-refractivity contribution in [3.05, 3.63) is 18.4 Å². The molecule has 0 saturated heterocycles. The standard InChI is InChI=1S/C12H15N3O3S/c1-3-6-13-10(16)8(2)19-12-15-14-11(18-12)9-5-4-7-17-9/h4-5,7-8H,3,6H2,1-2H3,(H,13,16)/t8-/m1/s1. The van der Waals surface area contributed by atoms with Crippen molar-refractivity contribution in [2.75, 3.05) is 6.54 Å². The average molecular weight is 281 g/mol. The van der Waals surface area contributed by atoms with Gasteiger partial charge in [-0.05, 0) is 25.5 Å². The van der Waals surface area contributed by atoms with Gasteiger partial charge in [-0.25, -0.2) is 0 Å². The first kappa shape index (κ1) is 13.7. The van der Waals surface area contributed by atoms with Gasteiger partial charge >= 0.3 is 0 Å². The highest BCUT2D eigenvalue weighted by atomic mass is 32.2. The first-order valence-corrected chi connectivity index (χ1v) is 6.90. The molecular formula is C12H15N3O3S. The molecular weight excluding hydrogens is 266 g/mol. The Labute approximate surface area is 115 Å². The van der Waals surface area contributed by atoms with Crippen molar-refractivity contribution >= 4 is 17.7 Å². The predicted octanol–water partition coefficient (Wildman–Crippen LogP) is 2.34. The fourth-order valence-electron chi connectivity index (χ4n) is 1.35. The maximum Gasteiger partial charge on any atom is 0.284 e. The fourth-order valence-corrected chi connectivity index (χ4v) is 2.06. The van der Waals surface area contributed by atoms with Crippen LogP contribution in [-0.4, -0.2) is 27.9 Å². The number of furan rings is 1. The number of nitrogens with one attached hydrogen (secondary N) is 1. The van der Waals surface area contributed by atoms with Crippen LogP contribution in [0.25, 0.3) is 11.7 Å².